The van der Waals surface area contributed by atoms with Crippen molar-refractivity contribution in [3.05, 3.63) is 0 Å². The topological polar surface area (TPSA) is 40.5 Å². The van der Waals surface area contributed by atoms with Crippen LogP contribution in [0.5, 0.6) is 0 Å². The van der Waals surface area contributed by atoms with Gasteiger partial charge in [0.1, 0.15) is 0 Å². The van der Waals surface area contributed by atoms with Crippen LogP contribution in [0.1, 0.15) is 83.1 Å². The summed E-state index contributed by atoms with van der Waals surface area (Å²) < 4.78 is 0. The molecule has 0 saturated heterocycles. The molecule has 0 aromatic carbocycles. The number of halogens is 2. The van der Waals surface area contributed by atoms with E-state index in [0.717, 1.165) is 12.3 Å². The van der Waals surface area contributed by atoms with Crippen LogP contribution in [0.3, 0.4) is 0 Å². The van der Waals surface area contributed by atoms with Crippen molar-refractivity contribution in [2.75, 3.05) is 25.5 Å². The maximum atomic E-state index is 10.9. The van der Waals surface area contributed by atoms with Gasteiger partial charge in [0, 0.05) is 0 Å². The van der Waals surface area contributed by atoms with E-state index in [9.17, 15) is 10.2 Å². The standard InChI is InChI=1S/C23H52Br2O2P2/c1-17(2)28(24,18(3)4,19(5)6)15-23(13-26,14-27)16-29(25,20(7)8,21(9)10)22(11)12/h17-22,26-27H,13-16H2,1-12H3. The van der Waals surface area contributed by atoms with Crippen molar-refractivity contribution in [1.29, 1.82) is 0 Å². The van der Waals surface area contributed by atoms with E-state index in [4.69, 9.17) is 0 Å². The summed E-state index contributed by atoms with van der Waals surface area (Å²) in [6, 6.07) is 0. The van der Waals surface area contributed by atoms with Crippen molar-refractivity contribution in [1.82, 2.24) is 0 Å². The second kappa shape index (κ2) is 9.93. The van der Waals surface area contributed by atoms with Gasteiger partial charge in [-0.25, -0.2) is 0 Å². The second-order valence-corrected chi connectivity index (χ2v) is 34.3. The Morgan fingerprint density at radius 3 is 0.793 bits per heavy atom. The molecule has 0 aromatic rings. The average Bonchev–Trinajstić information content (AvgIpc) is 2.59. The summed E-state index contributed by atoms with van der Waals surface area (Å²) in [6.45, 7) is 28.2. The van der Waals surface area contributed by atoms with Crippen LogP contribution in [-0.2, 0) is 0 Å². The molecule has 0 bridgehead atoms. The molecule has 0 amide bonds. The first-order valence-corrected chi connectivity index (χ1v) is 20.8. The Morgan fingerprint density at radius 2 is 0.690 bits per heavy atom. The van der Waals surface area contributed by atoms with E-state index in [0.29, 0.717) is 34.0 Å². The summed E-state index contributed by atoms with van der Waals surface area (Å²) in [5.74, 6) is 0. The van der Waals surface area contributed by atoms with Crippen molar-refractivity contribution in [2.45, 2.75) is 117 Å². The molecule has 0 unspecified atom stereocenters. The van der Waals surface area contributed by atoms with E-state index in [-0.39, 0.29) is 13.2 Å². The zero-order valence-corrected chi connectivity index (χ0v) is 26.3. The molecule has 0 saturated carbocycles. The third kappa shape index (κ3) is 4.71. The fraction of sp³-hybridized carbons (Fsp3) is 1.00. The molecule has 2 N–H and O–H groups in total. The van der Waals surface area contributed by atoms with E-state index in [1.807, 2.05) is 0 Å². The Balaban J connectivity index is 6.93. The van der Waals surface area contributed by atoms with Crippen LogP contribution in [0.15, 0.2) is 0 Å². The van der Waals surface area contributed by atoms with Crippen LogP contribution in [0.2, 0.25) is 0 Å². The number of rotatable bonds is 12. The van der Waals surface area contributed by atoms with Gasteiger partial charge in [-0.15, -0.1) is 0 Å². The van der Waals surface area contributed by atoms with Gasteiger partial charge in [0.2, 0.25) is 0 Å². The first-order valence-electron chi connectivity index (χ1n) is 11.5. The Kier molecular flexibility index (Phi) is 10.5. The van der Waals surface area contributed by atoms with Gasteiger partial charge in [-0.05, 0) is 0 Å². The number of hydrogen-bond acceptors (Lipinski definition) is 2. The predicted molar refractivity (Wildman–Crippen MR) is 149 cm³/mol. The Bertz CT molecular complexity index is 448. The van der Waals surface area contributed by atoms with Crippen molar-refractivity contribution >= 4 is 41.6 Å². The van der Waals surface area contributed by atoms with E-state index in [2.05, 4.69) is 114 Å². The van der Waals surface area contributed by atoms with Gasteiger partial charge >= 0.3 is 200 Å². The number of aliphatic hydroxyl groups excluding tert-OH is 2. The summed E-state index contributed by atoms with van der Waals surface area (Å²) in [5.41, 5.74) is 2.40. The van der Waals surface area contributed by atoms with Crippen molar-refractivity contribution < 1.29 is 10.2 Å². The Hall–Kier alpha value is 1.74. The molecular formula is C23H52Br2O2P2. The van der Waals surface area contributed by atoms with Crippen LogP contribution < -0.4 is 0 Å². The van der Waals surface area contributed by atoms with Crippen LogP contribution in [-0.4, -0.2) is 69.7 Å². The van der Waals surface area contributed by atoms with E-state index in [1.54, 1.807) is 0 Å². The number of aliphatic hydroxyl groups is 2. The third-order valence-electron chi connectivity index (χ3n) is 8.95. The SMILES string of the molecule is CC(C)P(Br)(CC(CO)(CO)CP(Br)(C(C)C)(C(C)C)C(C)C)(C(C)C)C(C)C. The van der Waals surface area contributed by atoms with Gasteiger partial charge in [0.25, 0.3) is 0 Å². The Labute approximate surface area is 199 Å². The average molecular weight is 582 g/mol. The van der Waals surface area contributed by atoms with E-state index in [1.165, 1.54) is 0 Å². The molecule has 29 heavy (non-hydrogen) atoms. The van der Waals surface area contributed by atoms with Gasteiger partial charge < -0.3 is 0 Å². The van der Waals surface area contributed by atoms with Crippen molar-refractivity contribution in [3.63, 3.8) is 0 Å². The van der Waals surface area contributed by atoms with E-state index >= 15 is 0 Å². The molecule has 0 aliphatic rings. The van der Waals surface area contributed by atoms with Crippen LogP contribution in [0, 0.1) is 5.41 Å². The fourth-order valence-electron chi connectivity index (χ4n) is 6.39. The minimum atomic E-state index is -2.45. The van der Waals surface area contributed by atoms with E-state index < -0.39 is 16.0 Å². The fourth-order valence-corrected chi connectivity index (χ4v) is 22.6. The quantitative estimate of drug-likeness (QED) is 0.228. The van der Waals surface area contributed by atoms with Gasteiger partial charge in [-0.3, -0.25) is 0 Å². The first kappa shape index (κ1) is 30.7. The molecular weight excluding hydrogens is 530 g/mol. The Morgan fingerprint density at radius 1 is 0.517 bits per heavy atom. The zero-order chi connectivity index (χ0) is 23.7. The van der Waals surface area contributed by atoms with Gasteiger partial charge in [0.05, 0.1) is 0 Å². The van der Waals surface area contributed by atoms with Crippen LogP contribution in [0.25, 0.3) is 0 Å². The normalized spacial score (nSPS) is 17.4. The molecule has 0 aromatic heterocycles. The molecule has 0 rings (SSSR count). The predicted octanol–water partition coefficient (Wildman–Crippen LogP) is 8.13. The monoisotopic (exact) mass is 580 g/mol. The van der Waals surface area contributed by atoms with Gasteiger partial charge in [0.15, 0.2) is 0 Å². The summed E-state index contributed by atoms with van der Waals surface area (Å²) in [6.07, 6.45) is 1.77. The molecule has 0 spiro atoms. The van der Waals surface area contributed by atoms with Gasteiger partial charge in [-0.2, -0.15) is 0 Å². The molecule has 0 aliphatic heterocycles. The summed E-state index contributed by atoms with van der Waals surface area (Å²) in [5, 5.41) is 16.8. The summed E-state index contributed by atoms with van der Waals surface area (Å²) >= 11 is 8.89. The maximum absolute atomic E-state index is 10.9. The summed E-state index contributed by atoms with van der Waals surface area (Å²) in [4.78, 5) is 0. The first-order chi connectivity index (χ1) is 12.8. The molecule has 0 aliphatic carbocycles. The molecule has 0 atom stereocenters. The van der Waals surface area contributed by atoms with Crippen LogP contribution >= 0.6 is 41.6 Å². The minimum absolute atomic E-state index is 0.0365. The van der Waals surface area contributed by atoms with Crippen molar-refractivity contribution in [2.24, 2.45) is 5.41 Å². The van der Waals surface area contributed by atoms with Crippen molar-refractivity contribution in [3.8, 4) is 0 Å². The third-order valence-corrected chi connectivity index (χ3v) is 41.8. The molecule has 0 fully saturated rings. The zero-order valence-electron chi connectivity index (χ0n) is 21.3. The molecule has 2 nitrogen and oxygen atoms in total. The molecule has 180 valence electrons. The van der Waals surface area contributed by atoms with Gasteiger partial charge in [-0.1, -0.05) is 0 Å². The van der Waals surface area contributed by atoms with Crippen LogP contribution in [0.4, 0.5) is 0 Å². The molecule has 0 radical (unpaired) electrons. The second-order valence-electron chi connectivity index (χ2n) is 11.5. The number of hydrogen-bond donors (Lipinski definition) is 2. The molecule has 6 heteroatoms. The summed E-state index contributed by atoms with van der Waals surface area (Å²) in [7, 11) is 0. The molecule has 0 heterocycles.